The average molecular weight is 564 g/mol. The van der Waals surface area contributed by atoms with Gasteiger partial charge in [-0.2, -0.15) is 13.8 Å². The lowest BCUT2D eigenvalue weighted by Crippen LogP contribution is -2.28. The summed E-state index contributed by atoms with van der Waals surface area (Å²) in [5.74, 6) is -4.40. The first-order valence-electron chi connectivity index (χ1n) is 12.6. The number of imidazole rings is 1. The molecule has 11 nitrogen and oxygen atoms in total. The summed E-state index contributed by atoms with van der Waals surface area (Å²) in [4.78, 5) is 9.96. The van der Waals surface area contributed by atoms with Crippen LogP contribution in [-0.2, 0) is 7.05 Å². The number of aromatic hydroxyl groups is 1. The third-order valence-corrected chi connectivity index (χ3v) is 6.49. The molecule has 0 bridgehead atoms. The highest BCUT2D eigenvalue weighted by Gasteiger charge is 2.31. The van der Waals surface area contributed by atoms with Gasteiger partial charge in [-0.05, 0) is 37.3 Å². The van der Waals surface area contributed by atoms with Crippen LogP contribution in [0.25, 0.3) is 11.4 Å². The first-order valence-corrected chi connectivity index (χ1v) is 12.6. The Labute approximate surface area is 233 Å². The maximum Gasteiger partial charge on any atom is 0.263 e. The minimum Gasteiger partial charge on any atom is -0.504 e. The SMILES string of the molecule is CC(=N)N1CCC(Oc2c(F)c(Oc3cccc(-c4nccn4C)c3)nc(Oc3cc(C(=N)N)ccc3O)c2F)C1. The van der Waals surface area contributed by atoms with E-state index in [4.69, 9.17) is 30.8 Å². The van der Waals surface area contributed by atoms with E-state index in [0.29, 0.717) is 30.2 Å². The fourth-order valence-corrected chi connectivity index (χ4v) is 4.34. The lowest BCUT2D eigenvalue weighted by molar-refractivity contribution is 0.189. The minimum absolute atomic E-state index is 0.188. The standard InChI is InChI=1S/C28H27F2N7O4/c1-15(31)37-10-8-19(14-37)39-24-22(29)27(40-18-5-3-4-17(12-18)26-34-9-11-36(26)2)35-28(23(24)30)41-21-13-16(25(32)33)6-7-20(21)38/h3-7,9,11-13,19,31,38H,8,10,14H2,1-2H3,(H3,32,33). The second kappa shape index (κ2) is 11.1. The number of aryl methyl sites for hydroxylation is 1. The molecule has 2 aromatic heterocycles. The van der Waals surface area contributed by atoms with Gasteiger partial charge in [-0.15, -0.1) is 0 Å². The molecule has 0 spiro atoms. The predicted octanol–water partition coefficient (Wildman–Crippen LogP) is 4.78. The van der Waals surface area contributed by atoms with Crippen molar-refractivity contribution in [2.24, 2.45) is 12.8 Å². The number of phenolic OH excluding ortho intramolecular Hbond substituents is 1. The monoisotopic (exact) mass is 563 g/mol. The van der Waals surface area contributed by atoms with Crippen LogP contribution in [0.15, 0.2) is 54.9 Å². The molecule has 5 rings (SSSR count). The molecule has 0 amide bonds. The number of benzene rings is 2. The van der Waals surface area contributed by atoms with Crippen LogP contribution in [0.5, 0.6) is 34.8 Å². The number of phenols is 1. The molecule has 1 fully saturated rings. The Balaban J connectivity index is 1.54. The van der Waals surface area contributed by atoms with E-state index in [1.54, 1.807) is 53.0 Å². The quantitative estimate of drug-likeness (QED) is 0.176. The Morgan fingerprint density at radius 1 is 1.10 bits per heavy atom. The van der Waals surface area contributed by atoms with Crippen LogP contribution in [0.2, 0.25) is 0 Å². The third-order valence-electron chi connectivity index (χ3n) is 6.49. The van der Waals surface area contributed by atoms with Crippen molar-refractivity contribution < 1.29 is 28.1 Å². The molecule has 5 N–H and O–H groups in total. The van der Waals surface area contributed by atoms with Gasteiger partial charge in [0.05, 0.1) is 12.4 Å². The summed E-state index contributed by atoms with van der Waals surface area (Å²) in [6.45, 7) is 2.37. The molecule has 1 atom stereocenters. The van der Waals surface area contributed by atoms with E-state index in [-0.39, 0.29) is 35.2 Å². The Kier molecular flexibility index (Phi) is 7.42. The number of aromatic nitrogens is 3. The van der Waals surface area contributed by atoms with Gasteiger partial charge in [-0.3, -0.25) is 10.8 Å². The second-order valence-electron chi connectivity index (χ2n) is 9.43. The van der Waals surface area contributed by atoms with Gasteiger partial charge < -0.3 is 34.5 Å². The molecule has 0 radical (unpaired) electrons. The van der Waals surface area contributed by atoms with Crippen LogP contribution in [0.4, 0.5) is 8.78 Å². The number of rotatable bonds is 8. The largest absolute Gasteiger partial charge is 0.504 e. The summed E-state index contributed by atoms with van der Waals surface area (Å²) >= 11 is 0. The summed E-state index contributed by atoms with van der Waals surface area (Å²) in [7, 11) is 1.82. The Morgan fingerprint density at radius 2 is 1.85 bits per heavy atom. The van der Waals surface area contributed by atoms with E-state index >= 15 is 8.78 Å². The minimum atomic E-state index is -1.26. The zero-order valence-electron chi connectivity index (χ0n) is 22.2. The van der Waals surface area contributed by atoms with Crippen LogP contribution >= 0.6 is 0 Å². The number of nitrogens with zero attached hydrogens (tertiary/aromatic N) is 4. The van der Waals surface area contributed by atoms with Crippen LogP contribution in [0, 0.1) is 22.5 Å². The van der Waals surface area contributed by atoms with Gasteiger partial charge in [0, 0.05) is 43.5 Å². The molecule has 13 heteroatoms. The number of ether oxygens (including phenoxy) is 3. The van der Waals surface area contributed by atoms with Crippen molar-refractivity contribution in [2.75, 3.05) is 13.1 Å². The maximum atomic E-state index is 15.8. The van der Waals surface area contributed by atoms with Crippen molar-refractivity contribution in [1.82, 2.24) is 19.4 Å². The third kappa shape index (κ3) is 5.73. The highest BCUT2D eigenvalue weighted by Crippen LogP contribution is 2.40. The summed E-state index contributed by atoms with van der Waals surface area (Å²) < 4.78 is 50.3. The number of likely N-dealkylation sites (tertiary alicyclic amines) is 1. The van der Waals surface area contributed by atoms with Crippen molar-refractivity contribution in [3.05, 3.63) is 72.1 Å². The molecule has 3 heterocycles. The average Bonchev–Trinajstić information content (AvgIpc) is 3.59. The number of halogens is 2. The molecule has 1 aliphatic heterocycles. The van der Waals surface area contributed by atoms with Gasteiger partial charge in [0.1, 0.15) is 23.5 Å². The van der Waals surface area contributed by atoms with Crippen molar-refractivity contribution in [3.8, 4) is 46.1 Å². The molecule has 1 aliphatic rings. The summed E-state index contributed by atoms with van der Waals surface area (Å²) in [6.07, 6.45) is 3.22. The normalized spacial score (nSPS) is 14.6. The Morgan fingerprint density at radius 3 is 2.51 bits per heavy atom. The summed E-state index contributed by atoms with van der Waals surface area (Å²) in [6, 6.07) is 10.5. The van der Waals surface area contributed by atoms with Gasteiger partial charge in [0.15, 0.2) is 11.5 Å². The summed E-state index contributed by atoms with van der Waals surface area (Å²) in [5.41, 5.74) is 6.42. The highest BCUT2D eigenvalue weighted by atomic mass is 19.1. The molecular weight excluding hydrogens is 536 g/mol. The fraction of sp³-hybridized carbons (Fsp3) is 0.214. The predicted molar refractivity (Wildman–Crippen MR) is 146 cm³/mol. The van der Waals surface area contributed by atoms with Crippen LogP contribution < -0.4 is 19.9 Å². The first kappa shape index (κ1) is 27.4. The maximum absolute atomic E-state index is 15.8. The first-order chi connectivity index (χ1) is 19.6. The molecular formula is C28H27F2N7O4. The van der Waals surface area contributed by atoms with Gasteiger partial charge in [0.25, 0.3) is 11.8 Å². The Bertz CT molecular complexity index is 1640. The molecule has 0 aliphatic carbocycles. The second-order valence-corrected chi connectivity index (χ2v) is 9.43. The fourth-order valence-electron chi connectivity index (χ4n) is 4.34. The highest BCUT2D eigenvalue weighted by molar-refractivity contribution is 5.95. The van der Waals surface area contributed by atoms with Crippen molar-refractivity contribution >= 4 is 11.7 Å². The lowest BCUT2D eigenvalue weighted by atomic mass is 10.2. The zero-order valence-corrected chi connectivity index (χ0v) is 22.2. The van der Waals surface area contributed by atoms with Crippen LogP contribution in [0.1, 0.15) is 18.9 Å². The Hall–Kier alpha value is -5.20. The van der Waals surface area contributed by atoms with Gasteiger partial charge in [-0.25, -0.2) is 4.98 Å². The van der Waals surface area contributed by atoms with Gasteiger partial charge in [0.2, 0.25) is 17.4 Å². The number of amidine groups is 2. The van der Waals surface area contributed by atoms with E-state index in [1.807, 2.05) is 7.05 Å². The summed E-state index contributed by atoms with van der Waals surface area (Å²) in [5, 5.41) is 25.8. The van der Waals surface area contributed by atoms with E-state index < -0.39 is 35.2 Å². The molecule has 1 unspecified atom stereocenters. The van der Waals surface area contributed by atoms with Crippen molar-refractivity contribution in [2.45, 2.75) is 19.4 Å². The van der Waals surface area contributed by atoms with Crippen molar-refractivity contribution in [1.29, 1.82) is 10.8 Å². The number of nitrogen functional groups attached to an aromatic ring is 1. The molecule has 0 saturated carbocycles. The molecule has 4 aromatic rings. The van der Waals surface area contributed by atoms with Gasteiger partial charge >= 0.3 is 0 Å². The number of nitrogens with two attached hydrogens (primary N) is 1. The zero-order chi connectivity index (χ0) is 29.3. The van der Waals surface area contributed by atoms with E-state index in [1.165, 1.54) is 18.2 Å². The number of hydrogen-bond donors (Lipinski definition) is 4. The van der Waals surface area contributed by atoms with Crippen LogP contribution in [0.3, 0.4) is 0 Å². The molecule has 41 heavy (non-hydrogen) atoms. The van der Waals surface area contributed by atoms with Crippen molar-refractivity contribution in [3.63, 3.8) is 0 Å². The van der Waals surface area contributed by atoms with Gasteiger partial charge in [-0.1, -0.05) is 12.1 Å². The van der Waals surface area contributed by atoms with E-state index in [2.05, 4.69) is 9.97 Å². The molecule has 212 valence electrons. The number of nitrogens with one attached hydrogen (secondary N) is 2. The smallest absolute Gasteiger partial charge is 0.263 e. The number of hydrogen-bond acceptors (Lipinski definition) is 8. The van der Waals surface area contributed by atoms with E-state index in [9.17, 15) is 5.11 Å². The van der Waals surface area contributed by atoms with Crippen LogP contribution in [-0.4, -0.2) is 55.4 Å². The topological polar surface area (TPSA) is 156 Å². The number of pyridine rings is 1. The lowest BCUT2D eigenvalue weighted by Gasteiger charge is -2.19. The molecule has 1 saturated heterocycles. The van der Waals surface area contributed by atoms with E-state index in [0.717, 1.165) is 0 Å². The molecule has 2 aromatic carbocycles.